The Morgan fingerprint density at radius 2 is 1.80 bits per heavy atom. The maximum Gasteiger partial charge on any atom is 0.407 e. The Balaban J connectivity index is 0.874. The molecule has 59 heavy (non-hydrogen) atoms. The molecule has 11 atom stereocenters. The van der Waals surface area contributed by atoms with E-state index >= 15 is 0 Å². The Labute approximate surface area is 347 Å². The first-order chi connectivity index (χ1) is 28.0. The monoisotopic (exact) mass is 831 g/mol. The Kier molecular flexibility index (Phi) is 14.2. The number of rotatable bonds is 16. The molecule has 0 aromatic carbocycles. The molecule has 15 heteroatoms. The van der Waals surface area contributed by atoms with Crippen LogP contribution in [0.5, 0.6) is 0 Å². The van der Waals surface area contributed by atoms with Gasteiger partial charge in [0.2, 0.25) is 12.1 Å². The van der Waals surface area contributed by atoms with Crippen LogP contribution in [0.2, 0.25) is 0 Å². The number of aliphatic hydroxyl groups is 1. The van der Waals surface area contributed by atoms with Crippen LogP contribution in [0.4, 0.5) is 19.4 Å². The molecule has 0 spiro atoms. The van der Waals surface area contributed by atoms with Gasteiger partial charge in [0.1, 0.15) is 24.6 Å². The fraction of sp³-hybridized carbons (Fsp3) is 0.795. The minimum atomic E-state index is -3.87. The summed E-state index contributed by atoms with van der Waals surface area (Å²) in [5.41, 5.74) is 1.03. The van der Waals surface area contributed by atoms with Crippen molar-refractivity contribution in [3.05, 3.63) is 34.4 Å². The molecule has 4 aliphatic carbocycles. The van der Waals surface area contributed by atoms with Gasteiger partial charge in [0.15, 0.2) is 6.10 Å². The first kappa shape index (κ1) is 44.9. The van der Waals surface area contributed by atoms with Crippen molar-refractivity contribution in [1.29, 1.82) is 0 Å². The smallest absolute Gasteiger partial charge is 0.407 e. The highest BCUT2D eigenvalue weighted by Gasteiger charge is 2.61. The maximum absolute atomic E-state index is 14.8. The molecule has 0 radical (unpaired) electrons. The minimum absolute atomic E-state index is 0.111. The second-order valence-corrected chi connectivity index (χ2v) is 18.9. The number of fused-ring (bicyclic) bond motifs is 5. The highest BCUT2D eigenvalue weighted by atomic mass is 19.3. The van der Waals surface area contributed by atoms with E-state index in [1.165, 1.54) is 63.6 Å². The number of amides is 2. The number of nitrogens with zero attached hydrogens (tertiary/aromatic N) is 2. The summed E-state index contributed by atoms with van der Waals surface area (Å²) in [4.78, 5) is 53.3. The summed E-state index contributed by atoms with van der Waals surface area (Å²) >= 11 is 0. The first-order valence-corrected chi connectivity index (χ1v) is 22.0. The number of carbonyl (C=O) groups is 3. The van der Waals surface area contributed by atoms with Crippen molar-refractivity contribution in [3.63, 3.8) is 0 Å². The van der Waals surface area contributed by atoms with E-state index in [0.29, 0.717) is 15.9 Å². The summed E-state index contributed by atoms with van der Waals surface area (Å²) in [7, 11) is 1.51. The Hall–Kier alpha value is -3.59. The van der Waals surface area contributed by atoms with Crippen LogP contribution >= 0.6 is 0 Å². The third kappa shape index (κ3) is 9.66. The van der Waals surface area contributed by atoms with E-state index in [4.69, 9.17) is 14.2 Å². The lowest BCUT2D eigenvalue weighted by Gasteiger charge is -2.58. The van der Waals surface area contributed by atoms with Crippen LogP contribution in [-0.4, -0.2) is 83.6 Å². The van der Waals surface area contributed by atoms with Gasteiger partial charge in [0.25, 0.3) is 0 Å². The van der Waals surface area contributed by atoms with Gasteiger partial charge in [0.05, 0.1) is 6.42 Å². The van der Waals surface area contributed by atoms with Gasteiger partial charge in [-0.3, -0.25) is 14.2 Å². The molecule has 4 N–H and O–H groups in total. The van der Waals surface area contributed by atoms with Gasteiger partial charge < -0.3 is 35.3 Å². The van der Waals surface area contributed by atoms with Gasteiger partial charge in [-0.1, -0.05) is 65.5 Å². The molecule has 1 saturated heterocycles. The highest BCUT2D eigenvalue weighted by Crippen LogP contribution is 2.67. The van der Waals surface area contributed by atoms with Crippen LogP contribution < -0.4 is 21.6 Å². The number of alkyl carbamates (subject to hydrolysis) is 1. The van der Waals surface area contributed by atoms with Gasteiger partial charge in [0, 0.05) is 39.2 Å². The van der Waals surface area contributed by atoms with Crippen LogP contribution in [0.15, 0.2) is 28.7 Å². The van der Waals surface area contributed by atoms with Crippen LogP contribution in [-0.2, 0) is 23.8 Å². The number of aliphatic hydroxyl groups excluding tert-OH is 1. The van der Waals surface area contributed by atoms with E-state index in [9.17, 15) is 33.1 Å². The summed E-state index contributed by atoms with van der Waals surface area (Å²) in [6, 6.07) is 1.30. The molecule has 2 amide bonds. The summed E-state index contributed by atoms with van der Waals surface area (Å²) < 4.78 is 46.3. The number of nitrogens with one attached hydrogen (secondary N) is 3. The van der Waals surface area contributed by atoms with Crippen molar-refractivity contribution in [2.24, 2.45) is 46.3 Å². The van der Waals surface area contributed by atoms with Crippen molar-refractivity contribution in [1.82, 2.24) is 20.2 Å². The third-order valence-electron chi connectivity index (χ3n) is 14.9. The molecule has 6 unspecified atom stereocenters. The average Bonchev–Trinajstić information content (AvgIpc) is 3.66. The molecule has 1 aromatic rings. The topological polar surface area (TPSA) is 170 Å². The van der Waals surface area contributed by atoms with Crippen LogP contribution in [0.3, 0.4) is 0 Å². The number of alkyl halides is 2. The van der Waals surface area contributed by atoms with Gasteiger partial charge in [-0.25, -0.2) is 9.59 Å². The fourth-order valence-electron chi connectivity index (χ4n) is 11.7. The number of halogens is 2. The predicted octanol–water partition coefficient (Wildman–Crippen LogP) is 6.75. The average molecular weight is 832 g/mol. The number of hydrogen-bond acceptors (Lipinski definition) is 10. The Morgan fingerprint density at radius 3 is 2.53 bits per heavy atom. The number of allylic oxidation sites excluding steroid dienone is 1. The number of ether oxygens (including phenoxy) is 3. The summed E-state index contributed by atoms with van der Waals surface area (Å²) in [5, 5.41) is 18.1. The Bertz CT molecular complexity index is 1760. The van der Waals surface area contributed by atoms with Crippen LogP contribution in [0.1, 0.15) is 124 Å². The lowest BCUT2D eigenvalue weighted by Crippen LogP contribution is -2.51. The number of anilines is 1. The fourth-order valence-corrected chi connectivity index (χ4v) is 11.7. The highest BCUT2D eigenvalue weighted by molar-refractivity contribution is 5.81. The van der Waals surface area contributed by atoms with Crippen molar-refractivity contribution in [3.8, 4) is 0 Å². The summed E-state index contributed by atoms with van der Waals surface area (Å²) in [6.07, 6.45) is 9.21. The number of aromatic nitrogens is 2. The second kappa shape index (κ2) is 18.6. The molecule has 330 valence electrons. The molecule has 13 nitrogen and oxygen atoms in total. The van der Waals surface area contributed by atoms with Gasteiger partial charge >= 0.3 is 23.7 Å². The van der Waals surface area contributed by atoms with E-state index < -0.39 is 54.6 Å². The molecular weight excluding hydrogens is 765 g/mol. The standard InChI is InChI=1S/C44H67F2N5O8/c1-26(2)8-7-9-27(3)31-12-13-32-30-11-10-28-24-29(16-19-42(28,4)33(30)17-20-43(31,32)5)58-41(56)49-22-21-48-36(52)14-15-37(53)57-25-34-38(54)44(45,46)39(59-34)51-23-18-35(47-6)50-40(51)55/h10,18,23,26-27,29-34,38-39,54H,7-9,11-17,19-22,24-25H2,1-6H3,(H,48,52)(H,49,56)(H,47,50,55)/t27-,29+,30?,31-,32?,33?,34?,38?,39?,42+,43-/m1/s1. The van der Waals surface area contributed by atoms with E-state index in [1.54, 1.807) is 0 Å². The molecule has 1 aromatic heterocycles. The SMILES string of the molecule is CNc1ccn(C2OC(COC(=O)CCC(=O)NCCNC(=O)O[C@H]3CC[C@@]4(C)C(=CCC5C4CC[C@@]4(C)C5CC[C@@H]4[C@H](C)CCCC(C)C)C3)C(O)C2(F)F)c(=O)n1. The van der Waals surface area contributed by atoms with Crippen molar-refractivity contribution >= 4 is 23.8 Å². The zero-order valence-corrected chi connectivity index (χ0v) is 35.8. The lowest BCUT2D eigenvalue weighted by atomic mass is 9.47. The van der Waals surface area contributed by atoms with E-state index in [1.807, 2.05) is 0 Å². The molecule has 0 bridgehead atoms. The molecule has 6 rings (SSSR count). The van der Waals surface area contributed by atoms with E-state index in [-0.39, 0.29) is 43.3 Å². The van der Waals surface area contributed by atoms with E-state index in [0.717, 1.165) is 61.5 Å². The molecule has 4 fully saturated rings. The number of hydrogen-bond donors (Lipinski definition) is 4. The summed E-state index contributed by atoms with van der Waals surface area (Å²) in [6.45, 7) is 11.8. The zero-order chi connectivity index (χ0) is 42.7. The quantitative estimate of drug-likeness (QED) is 0.0794. The first-order valence-electron chi connectivity index (χ1n) is 22.0. The summed E-state index contributed by atoms with van der Waals surface area (Å²) in [5.74, 6) is -0.427. The van der Waals surface area contributed by atoms with Crippen LogP contribution in [0, 0.1) is 46.3 Å². The zero-order valence-electron chi connectivity index (χ0n) is 35.8. The third-order valence-corrected chi connectivity index (χ3v) is 14.9. The molecular formula is C44H67F2N5O8. The van der Waals surface area contributed by atoms with Crippen molar-refractivity contribution in [2.75, 3.05) is 32.1 Å². The number of carbonyl (C=O) groups excluding carboxylic acids is 3. The van der Waals surface area contributed by atoms with Gasteiger partial charge in [-0.15, -0.1) is 0 Å². The second-order valence-electron chi connectivity index (χ2n) is 18.9. The predicted molar refractivity (Wildman–Crippen MR) is 217 cm³/mol. The molecule has 5 aliphatic rings. The number of esters is 1. The lowest BCUT2D eigenvalue weighted by molar-refractivity contribution is -0.151. The van der Waals surface area contributed by atoms with Crippen molar-refractivity contribution < 1.29 is 42.5 Å². The maximum atomic E-state index is 14.8. The van der Waals surface area contributed by atoms with Gasteiger partial charge in [-0.05, 0) is 97.3 Å². The largest absolute Gasteiger partial charge is 0.463 e. The Morgan fingerprint density at radius 1 is 1.03 bits per heavy atom. The minimum Gasteiger partial charge on any atom is -0.463 e. The van der Waals surface area contributed by atoms with Crippen LogP contribution in [0.25, 0.3) is 0 Å². The van der Waals surface area contributed by atoms with E-state index in [2.05, 4.69) is 61.6 Å². The molecule has 2 heterocycles. The normalized spacial score (nSPS) is 33.8. The molecule has 3 saturated carbocycles. The molecule has 1 aliphatic heterocycles. The van der Waals surface area contributed by atoms with Gasteiger partial charge in [-0.2, -0.15) is 13.8 Å². The van der Waals surface area contributed by atoms with Crippen molar-refractivity contribution in [2.45, 2.75) is 149 Å².